The molecular formula is C19H29FN2. The van der Waals surface area contributed by atoms with Crippen molar-refractivity contribution < 1.29 is 5.82 Å². The molecule has 0 radical (unpaired) electrons. The molecular weight excluding hydrogens is 275 g/mol. The molecule has 22 heavy (non-hydrogen) atoms. The van der Waals surface area contributed by atoms with Gasteiger partial charge < -0.3 is 10.2 Å². The average Bonchev–Trinajstić information content (AvgIpc) is 3.17. The first-order chi connectivity index (χ1) is 10.7. The quantitative estimate of drug-likeness (QED) is 0.870. The molecule has 1 aromatic rings. The zero-order valence-corrected chi connectivity index (χ0v) is 13.6. The summed E-state index contributed by atoms with van der Waals surface area (Å²) >= 11 is 0. The third-order valence-electron chi connectivity index (χ3n) is 6.58. The molecule has 3 aliphatic rings. The highest BCUT2D eigenvalue weighted by Gasteiger charge is 2.42. The number of fused-ring (bicyclic) bond motifs is 2. The van der Waals surface area contributed by atoms with Crippen LogP contribution in [0.3, 0.4) is 0 Å². The highest BCUT2D eigenvalue weighted by atomic mass is 19.1. The van der Waals surface area contributed by atoms with Gasteiger partial charge in [-0.05, 0) is 75.4 Å². The lowest BCUT2D eigenvalue weighted by Crippen LogP contribution is -2.48. The molecule has 2 heterocycles. The molecule has 1 unspecified atom stereocenters. The van der Waals surface area contributed by atoms with Crippen molar-refractivity contribution in [1.82, 2.24) is 4.90 Å². The van der Waals surface area contributed by atoms with E-state index in [1.807, 2.05) is 6.07 Å². The molecule has 0 amide bonds. The van der Waals surface area contributed by atoms with Gasteiger partial charge in [-0.15, -0.1) is 0 Å². The third kappa shape index (κ3) is 2.34. The number of piperidine rings is 1. The number of nitrogens with one attached hydrogen (secondary N) is 1. The van der Waals surface area contributed by atoms with Crippen LogP contribution in [-0.4, -0.2) is 30.6 Å². The van der Waals surface area contributed by atoms with Gasteiger partial charge in [-0.1, -0.05) is 12.8 Å². The maximum atomic E-state index is 13.7. The Morgan fingerprint density at radius 1 is 1.27 bits per heavy atom. The van der Waals surface area contributed by atoms with E-state index in [9.17, 15) is 4.39 Å². The molecule has 1 saturated heterocycles. The second-order valence-electron chi connectivity index (χ2n) is 7.64. The molecule has 2 nitrogen and oxygen atoms in total. The predicted octanol–water partition coefficient (Wildman–Crippen LogP) is 4.41. The van der Waals surface area contributed by atoms with Gasteiger partial charge in [0.2, 0.25) is 0 Å². The highest BCUT2D eigenvalue weighted by molar-refractivity contribution is 5.60. The van der Waals surface area contributed by atoms with E-state index in [1.54, 1.807) is 12.1 Å². The van der Waals surface area contributed by atoms with Crippen molar-refractivity contribution in [2.75, 3.05) is 25.0 Å². The van der Waals surface area contributed by atoms with Crippen molar-refractivity contribution in [3.8, 4) is 0 Å². The Morgan fingerprint density at radius 2 is 2.00 bits per heavy atom. The summed E-state index contributed by atoms with van der Waals surface area (Å²) in [6.07, 6.45) is 7.99. The number of hydrogen-bond acceptors (Lipinski definition) is 2. The zero-order chi connectivity index (χ0) is 15.2. The lowest BCUT2D eigenvalue weighted by molar-refractivity contribution is 0.0973. The Morgan fingerprint density at radius 3 is 2.73 bits per heavy atom. The summed E-state index contributed by atoms with van der Waals surface area (Å²) in [6.45, 7) is 5.73. The van der Waals surface area contributed by atoms with Crippen LogP contribution in [0.1, 0.15) is 52.4 Å². The van der Waals surface area contributed by atoms with Crippen molar-refractivity contribution in [2.45, 2.75) is 56.9 Å². The Labute approximate surface area is 134 Å². The normalized spacial score (nSPS) is 26.1. The van der Waals surface area contributed by atoms with E-state index in [2.05, 4.69) is 17.1 Å². The minimum Gasteiger partial charge on any atom is -0.384 e. The first kappa shape index (κ1) is 14.5. The summed E-state index contributed by atoms with van der Waals surface area (Å²) in [5, 5.41) is 3.50. The van der Waals surface area contributed by atoms with Crippen molar-refractivity contribution in [3.05, 3.63) is 29.6 Å². The maximum Gasteiger partial charge on any atom is 0.123 e. The van der Waals surface area contributed by atoms with Crippen LogP contribution in [0.2, 0.25) is 0 Å². The van der Waals surface area contributed by atoms with Crippen LogP contribution in [0.25, 0.3) is 0 Å². The fourth-order valence-electron chi connectivity index (χ4n) is 5.01. The molecule has 2 fully saturated rings. The first-order valence-corrected chi connectivity index (χ1v) is 8.96. The standard InChI is InChI=1S/C19H27FN2.H2/c1-14(15-4-2-3-5-15)22-10-8-19(9-11-22)13-21-18-7-6-16(20)12-17(18)19;/h6-7,12,14-15,21H,2-5,8-11,13H2,1H3;1H. The summed E-state index contributed by atoms with van der Waals surface area (Å²) in [5.41, 5.74) is 2.54. The van der Waals surface area contributed by atoms with Crippen molar-refractivity contribution in [2.24, 2.45) is 5.92 Å². The predicted molar refractivity (Wildman–Crippen MR) is 90.9 cm³/mol. The average molecular weight is 304 g/mol. The van der Waals surface area contributed by atoms with Crippen molar-refractivity contribution in [3.63, 3.8) is 0 Å². The summed E-state index contributed by atoms with van der Waals surface area (Å²) in [7, 11) is 0. The van der Waals surface area contributed by atoms with Crippen LogP contribution >= 0.6 is 0 Å². The van der Waals surface area contributed by atoms with E-state index >= 15 is 0 Å². The van der Waals surface area contributed by atoms with Crippen molar-refractivity contribution in [1.29, 1.82) is 0 Å². The highest BCUT2D eigenvalue weighted by Crippen LogP contribution is 2.45. The first-order valence-electron chi connectivity index (χ1n) is 8.96. The van der Waals surface area contributed by atoms with Gasteiger partial charge in [0.05, 0.1) is 0 Å². The molecule has 1 atom stereocenters. The van der Waals surface area contributed by atoms with Gasteiger partial charge in [-0.25, -0.2) is 4.39 Å². The summed E-state index contributed by atoms with van der Waals surface area (Å²) in [6, 6.07) is 5.97. The molecule has 0 aromatic heterocycles. The van der Waals surface area contributed by atoms with Gasteiger partial charge in [0.15, 0.2) is 0 Å². The number of nitrogens with zero attached hydrogens (tertiary/aromatic N) is 1. The molecule has 122 valence electrons. The molecule has 1 spiro atoms. The van der Waals surface area contributed by atoms with Crippen LogP contribution in [0.15, 0.2) is 18.2 Å². The minimum atomic E-state index is -0.0939. The maximum absolute atomic E-state index is 13.7. The summed E-state index contributed by atoms with van der Waals surface area (Å²) < 4.78 is 13.7. The topological polar surface area (TPSA) is 15.3 Å². The second-order valence-corrected chi connectivity index (χ2v) is 7.64. The number of rotatable bonds is 2. The molecule has 0 bridgehead atoms. The van der Waals surface area contributed by atoms with Crippen LogP contribution < -0.4 is 5.32 Å². The van der Waals surface area contributed by atoms with Gasteiger partial charge in [-0.2, -0.15) is 0 Å². The minimum absolute atomic E-state index is 0. The third-order valence-corrected chi connectivity index (χ3v) is 6.58. The molecule has 4 rings (SSSR count). The Hall–Kier alpha value is -1.09. The largest absolute Gasteiger partial charge is 0.384 e. The summed E-state index contributed by atoms with van der Waals surface area (Å²) in [4.78, 5) is 2.69. The van der Waals surface area contributed by atoms with E-state index in [1.165, 1.54) is 31.2 Å². The Bertz CT molecular complexity index is 548. The van der Waals surface area contributed by atoms with Crippen LogP contribution in [0.5, 0.6) is 0 Å². The van der Waals surface area contributed by atoms with Gasteiger partial charge >= 0.3 is 0 Å². The number of hydrogen-bond donors (Lipinski definition) is 1. The van der Waals surface area contributed by atoms with E-state index < -0.39 is 0 Å². The van der Waals surface area contributed by atoms with Gasteiger partial charge in [0, 0.05) is 25.1 Å². The lowest BCUT2D eigenvalue weighted by Gasteiger charge is -2.43. The second kappa shape index (κ2) is 5.52. The molecule has 3 heteroatoms. The fraction of sp³-hybridized carbons (Fsp3) is 0.684. The van der Waals surface area contributed by atoms with E-state index in [4.69, 9.17) is 0 Å². The molecule has 2 aliphatic heterocycles. The van der Waals surface area contributed by atoms with Gasteiger partial charge in [0.1, 0.15) is 5.82 Å². The SMILES string of the molecule is CC(C1CCCC1)N1CCC2(CC1)CNc1ccc(F)cc12.[HH]. The van der Waals surface area contributed by atoms with E-state index in [0.29, 0.717) is 0 Å². The van der Waals surface area contributed by atoms with Crippen molar-refractivity contribution >= 4 is 5.69 Å². The molecule has 1 saturated carbocycles. The number of halogens is 1. The van der Waals surface area contributed by atoms with Crippen LogP contribution in [0.4, 0.5) is 10.1 Å². The Kier molecular flexibility index (Phi) is 3.64. The molecule has 1 aromatic carbocycles. The Balaban J connectivity index is 0.00000156. The molecule has 1 aliphatic carbocycles. The zero-order valence-electron chi connectivity index (χ0n) is 13.6. The molecule has 1 N–H and O–H groups in total. The van der Waals surface area contributed by atoms with Gasteiger partial charge in [0.25, 0.3) is 0 Å². The van der Waals surface area contributed by atoms with Gasteiger partial charge in [-0.3, -0.25) is 0 Å². The number of likely N-dealkylation sites (tertiary alicyclic amines) is 1. The summed E-state index contributed by atoms with van der Waals surface area (Å²) in [5.74, 6) is 0.809. The number of anilines is 1. The number of benzene rings is 1. The van der Waals surface area contributed by atoms with E-state index in [-0.39, 0.29) is 12.7 Å². The monoisotopic (exact) mass is 304 g/mol. The van der Waals surface area contributed by atoms with E-state index in [0.717, 1.165) is 50.1 Å². The fourth-order valence-corrected chi connectivity index (χ4v) is 5.01. The lowest BCUT2D eigenvalue weighted by atomic mass is 9.74. The smallest absolute Gasteiger partial charge is 0.123 e. The van der Waals surface area contributed by atoms with Crippen LogP contribution in [-0.2, 0) is 5.41 Å². The van der Waals surface area contributed by atoms with Crippen LogP contribution in [0, 0.1) is 11.7 Å².